The fourth-order valence-electron chi connectivity index (χ4n) is 2.24. The Morgan fingerprint density at radius 3 is 2.55 bits per heavy atom. The molecule has 1 heterocycles. The minimum atomic E-state index is 0.855. The molecule has 0 atom stereocenters. The van der Waals surface area contributed by atoms with Crippen LogP contribution in [-0.4, -0.2) is 40.5 Å². The van der Waals surface area contributed by atoms with E-state index in [0.29, 0.717) is 0 Å². The molecule has 2 aromatic carbocycles. The van der Waals surface area contributed by atoms with Crippen LogP contribution in [0, 0.1) is 0 Å². The maximum absolute atomic E-state index is 4.28. The Balaban J connectivity index is 1.94. The van der Waals surface area contributed by atoms with Gasteiger partial charge in [-0.15, -0.1) is 5.10 Å². The van der Waals surface area contributed by atoms with Crippen molar-refractivity contribution >= 4 is 11.0 Å². The number of likely N-dealkylation sites (N-methyl/N-ethyl adjacent to an activating group) is 1. The number of benzene rings is 2. The van der Waals surface area contributed by atoms with Crippen LogP contribution >= 0.6 is 0 Å². The lowest BCUT2D eigenvalue weighted by molar-refractivity contribution is 0.374. The van der Waals surface area contributed by atoms with Gasteiger partial charge in [-0.2, -0.15) is 0 Å². The minimum Gasteiger partial charge on any atom is -0.308 e. The first-order valence-corrected chi connectivity index (χ1v) is 6.77. The summed E-state index contributed by atoms with van der Waals surface area (Å²) in [6, 6.07) is 16.7. The minimum absolute atomic E-state index is 0.855. The fraction of sp³-hybridized carbons (Fsp3) is 0.250. The Labute approximate surface area is 118 Å². The van der Waals surface area contributed by atoms with Crippen molar-refractivity contribution < 1.29 is 0 Å². The van der Waals surface area contributed by atoms with E-state index in [9.17, 15) is 0 Å². The quantitative estimate of drug-likeness (QED) is 0.728. The third kappa shape index (κ3) is 2.56. The summed E-state index contributed by atoms with van der Waals surface area (Å²) in [6.45, 7) is 1.81. The van der Waals surface area contributed by atoms with Gasteiger partial charge in [-0.1, -0.05) is 41.6 Å². The fourth-order valence-corrected chi connectivity index (χ4v) is 2.24. The molecule has 0 fully saturated rings. The summed E-state index contributed by atoms with van der Waals surface area (Å²) in [5, 5.41) is 8.52. The van der Waals surface area contributed by atoms with Crippen LogP contribution < -0.4 is 0 Å². The lowest BCUT2D eigenvalue weighted by Gasteiger charge is -2.09. The van der Waals surface area contributed by atoms with Crippen molar-refractivity contribution in [3.8, 4) is 11.1 Å². The highest BCUT2D eigenvalue weighted by molar-refractivity contribution is 5.81. The van der Waals surface area contributed by atoms with E-state index in [-0.39, 0.29) is 0 Å². The Bertz CT molecular complexity index is 701. The third-order valence-corrected chi connectivity index (χ3v) is 3.38. The number of fused-ring (bicyclic) bond motifs is 1. The van der Waals surface area contributed by atoms with Crippen LogP contribution in [0.3, 0.4) is 0 Å². The molecule has 3 rings (SSSR count). The average Bonchev–Trinajstić information content (AvgIpc) is 2.88. The van der Waals surface area contributed by atoms with Gasteiger partial charge >= 0.3 is 0 Å². The topological polar surface area (TPSA) is 34.0 Å². The molecule has 0 aliphatic carbocycles. The summed E-state index contributed by atoms with van der Waals surface area (Å²) < 4.78 is 1.96. The normalized spacial score (nSPS) is 11.3. The zero-order valence-electron chi connectivity index (χ0n) is 11.8. The first-order chi connectivity index (χ1) is 9.74. The van der Waals surface area contributed by atoms with E-state index in [1.807, 2.05) is 22.9 Å². The Morgan fingerprint density at radius 2 is 1.80 bits per heavy atom. The van der Waals surface area contributed by atoms with Crippen LogP contribution in [0.25, 0.3) is 22.2 Å². The van der Waals surface area contributed by atoms with Gasteiger partial charge < -0.3 is 4.90 Å². The second-order valence-corrected chi connectivity index (χ2v) is 5.19. The zero-order chi connectivity index (χ0) is 13.9. The van der Waals surface area contributed by atoms with Crippen molar-refractivity contribution in [3.05, 3.63) is 48.5 Å². The van der Waals surface area contributed by atoms with Gasteiger partial charge in [0, 0.05) is 6.54 Å². The summed E-state index contributed by atoms with van der Waals surface area (Å²) in [4.78, 5) is 2.14. The maximum Gasteiger partial charge on any atom is 0.113 e. The van der Waals surface area contributed by atoms with Gasteiger partial charge in [-0.05, 0) is 37.4 Å². The molecule has 20 heavy (non-hydrogen) atoms. The van der Waals surface area contributed by atoms with Gasteiger partial charge in [0.05, 0.1) is 12.1 Å². The van der Waals surface area contributed by atoms with E-state index in [1.54, 1.807) is 0 Å². The standard InChI is InChI=1S/C16H18N4/c1-19(2)10-11-20-16-9-8-14(12-15(16)17-18-20)13-6-4-3-5-7-13/h3-9,12H,10-11H2,1-2H3. The van der Waals surface area contributed by atoms with Gasteiger partial charge in [0.1, 0.15) is 5.52 Å². The molecular weight excluding hydrogens is 248 g/mol. The number of aromatic nitrogens is 3. The van der Waals surface area contributed by atoms with Crippen LogP contribution in [-0.2, 0) is 6.54 Å². The summed E-state index contributed by atoms with van der Waals surface area (Å²) in [5.74, 6) is 0. The van der Waals surface area contributed by atoms with E-state index in [4.69, 9.17) is 0 Å². The number of hydrogen-bond donors (Lipinski definition) is 0. The van der Waals surface area contributed by atoms with E-state index in [0.717, 1.165) is 24.1 Å². The lowest BCUT2D eigenvalue weighted by Crippen LogP contribution is -2.18. The van der Waals surface area contributed by atoms with Crippen LogP contribution in [0.1, 0.15) is 0 Å². The van der Waals surface area contributed by atoms with Crippen molar-refractivity contribution in [1.29, 1.82) is 0 Å². The molecule has 0 N–H and O–H groups in total. The van der Waals surface area contributed by atoms with Crippen LogP contribution in [0.15, 0.2) is 48.5 Å². The summed E-state index contributed by atoms with van der Waals surface area (Å²) >= 11 is 0. The Morgan fingerprint density at radius 1 is 1.00 bits per heavy atom. The molecular formula is C16H18N4. The third-order valence-electron chi connectivity index (χ3n) is 3.38. The van der Waals surface area contributed by atoms with Gasteiger partial charge in [-0.25, -0.2) is 4.68 Å². The molecule has 0 aliphatic heterocycles. The molecule has 0 saturated carbocycles. The Hall–Kier alpha value is -2.20. The molecule has 102 valence electrons. The molecule has 4 heteroatoms. The number of rotatable bonds is 4. The molecule has 3 aromatic rings. The van der Waals surface area contributed by atoms with E-state index in [2.05, 4.69) is 59.6 Å². The molecule has 0 aliphatic rings. The molecule has 0 unspecified atom stereocenters. The van der Waals surface area contributed by atoms with Gasteiger partial charge in [0.25, 0.3) is 0 Å². The smallest absolute Gasteiger partial charge is 0.113 e. The van der Waals surface area contributed by atoms with Crippen LogP contribution in [0.4, 0.5) is 0 Å². The lowest BCUT2D eigenvalue weighted by atomic mass is 10.1. The number of hydrogen-bond acceptors (Lipinski definition) is 3. The maximum atomic E-state index is 4.28. The van der Waals surface area contributed by atoms with Crippen molar-refractivity contribution in [2.75, 3.05) is 20.6 Å². The van der Waals surface area contributed by atoms with Gasteiger partial charge in [0.15, 0.2) is 0 Å². The highest BCUT2D eigenvalue weighted by atomic mass is 15.4. The highest BCUT2D eigenvalue weighted by Gasteiger charge is 2.06. The molecule has 0 bridgehead atoms. The van der Waals surface area contributed by atoms with Gasteiger partial charge in [-0.3, -0.25) is 0 Å². The van der Waals surface area contributed by atoms with Crippen molar-refractivity contribution in [2.45, 2.75) is 6.54 Å². The summed E-state index contributed by atoms with van der Waals surface area (Å²) in [7, 11) is 4.12. The molecule has 0 saturated heterocycles. The second kappa shape index (κ2) is 5.43. The van der Waals surface area contributed by atoms with Gasteiger partial charge in [0.2, 0.25) is 0 Å². The Kier molecular flexibility index (Phi) is 3.48. The average molecular weight is 266 g/mol. The predicted octanol–water partition coefficient (Wildman–Crippen LogP) is 2.66. The van der Waals surface area contributed by atoms with Crippen molar-refractivity contribution in [2.24, 2.45) is 0 Å². The highest BCUT2D eigenvalue weighted by Crippen LogP contribution is 2.22. The van der Waals surface area contributed by atoms with E-state index in [1.165, 1.54) is 11.1 Å². The molecule has 0 radical (unpaired) electrons. The zero-order valence-corrected chi connectivity index (χ0v) is 11.8. The van der Waals surface area contributed by atoms with E-state index >= 15 is 0 Å². The first kappa shape index (κ1) is 12.8. The van der Waals surface area contributed by atoms with Crippen molar-refractivity contribution in [1.82, 2.24) is 19.9 Å². The van der Waals surface area contributed by atoms with Crippen LogP contribution in [0.2, 0.25) is 0 Å². The monoisotopic (exact) mass is 266 g/mol. The summed E-state index contributed by atoms with van der Waals surface area (Å²) in [6.07, 6.45) is 0. The molecule has 4 nitrogen and oxygen atoms in total. The number of nitrogens with zero attached hydrogens (tertiary/aromatic N) is 4. The molecule has 0 amide bonds. The second-order valence-electron chi connectivity index (χ2n) is 5.19. The SMILES string of the molecule is CN(C)CCn1nnc2cc(-c3ccccc3)ccc21. The molecule has 1 aromatic heterocycles. The summed E-state index contributed by atoms with van der Waals surface area (Å²) in [5.41, 5.74) is 4.42. The van der Waals surface area contributed by atoms with Crippen LogP contribution in [0.5, 0.6) is 0 Å². The first-order valence-electron chi connectivity index (χ1n) is 6.77. The predicted molar refractivity (Wildman–Crippen MR) is 81.5 cm³/mol. The largest absolute Gasteiger partial charge is 0.308 e. The van der Waals surface area contributed by atoms with E-state index < -0.39 is 0 Å². The van der Waals surface area contributed by atoms with Crippen molar-refractivity contribution in [3.63, 3.8) is 0 Å². The molecule has 0 spiro atoms.